The van der Waals surface area contributed by atoms with Crippen LogP contribution < -0.4 is 5.73 Å². The lowest BCUT2D eigenvalue weighted by atomic mass is 10.1. The van der Waals surface area contributed by atoms with Crippen molar-refractivity contribution in [2.75, 3.05) is 13.1 Å². The number of hydrogen-bond donors (Lipinski definition) is 1. The highest BCUT2D eigenvalue weighted by Gasteiger charge is 2.30. The molecule has 3 nitrogen and oxygen atoms in total. The fourth-order valence-electron chi connectivity index (χ4n) is 3.03. The molecule has 0 aromatic heterocycles. The third-order valence-electron chi connectivity index (χ3n) is 4.35. The van der Waals surface area contributed by atoms with Gasteiger partial charge in [0.05, 0.1) is 0 Å². The fourth-order valence-corrected chi connectivity index (χ4v) is 3.03. The molecule has 2 N–H and O–H groups in total. The van der Waals surface area contributed by atoms with Gasteiger partial charge in [-0.2, -0.15) is 0 Å². The van der Waals surface area contributed by atoms with Crippen LogP contribution in [0.4, 0.5) is 0 Å². The van der Waals surface area contributed by atoms with Crippen molar-refractivity contribution < 1.29 is 4.79 Å². The summed E-state index contributed by atoms with van der Waals surface area (Å²) in [5.74, 6) is 1.10. The maximum atomic E-state index is 12.4. The number of amides is 1. The largest absolute Gasteiger partial charge is 0.340 e. The molecule has 2 fully saturated rings. The first-order valence-corrected chi connectivity index (χ1v) is 7.81. The monoisotopic (exact) mass is 252 g/mol. The van der Waals surface area contributed by atoms with Gasteiger partial charge in [-0.05, 0) is 44.6 Å². The topological polar surface area (TPSA) is 46.3 Å². The number of hydrogen-bond acceptors (Lipinski definition) is 2. The van der Waals surface area contributed by atoms with E-state index in [9.17, 15) is 4.79 Å². The van der Waals surface area contributed by atoms with E-state index in [0.29, 0.717) is 24.4 Å². The normalized spacial score (nSPS) is 21.6. The Morgan fingerprint density at radius 1 is 1.06 bits per heavy atom. The van der Waals surface area contributed by atoms with Crippen LogP contribution >= 0.6 is 0 Å². The van der Waals surface area contributed by atoms with Gasteiger partial charge in [-0.3, -0.25) is 4.79 Å². The van der Waals surface area contributed by atoms with Gasteiger partial charge in [0.15, 0.2) is 0 Å². The summed E-state index contributed by atoms with van der Waals surface area (Å²) in [6, 6.07) is 0.505. The minimum atomic E-state index is 0.401. The molecule has 0 bridgehead atoms. The van der Waals surface area contributed by atoms with E-state index >= 15 is 0 Å². The zero-order valence-electron chi connectivity index (χ0n) is 11.6. The van der Waals surface area contributed by atoms with Crippen LogP contribution in [0.2, 0.25) is 0 Å². The zero-order valence-corrected chi connectivity index (χ0v) is 11.6. The van der Waals surface area contributed by atoms with Gasteiger partial charge in [-0.1, -0.05) is 25.7 Å². The van der Waals surface area contributed by atoms with Crippen molar-refractivity contribution in [3.05, 3.63) is 0 Å². The first-order valence-electron chi connectivity index (χ1n) is 7.81. The number of carbonyl (C=O) groups is 1. The highest BCUT2D eigenvalue weighted by Crippen LogP contribution is 2.33. The smallest absolute Gasteiger partial charge is 0.223 e. The van der Waals surface area contributed by atoms with Crippen LogP contribution in [0.5, 0.6) is 0 Å². The molecule has 0 heterocycles. The predicted octanol–water partition coefficient (Wildman–Crippen LogP) is 2.69. The molecule has 104 valence electrons. The van der Waals surface area contributed by atoms with Gasteiger partial charge >= 0.3 is 0 Å². The van der Waals surface area contributed by atoms with Gasteiger partial charge in [-0.25, -0.2) is 0 Å². The molecule has 0 spiro atoms. The third kappa shape index (κ3) is 4.27. The minimum absolute atomic E-state index is 0.401. The average Bonchev–Trinajstić information content (AvgIpc) is 3.16. The van der Waals surface area contributed by atoms with Gasteiger partial charge in [-0.15, -0.1) is 0 Å². The van der Waals surface area contributed by atoms with Crippen LogP contribution in [-0.2, 0) is 4.79 Å². The second-order valence-corrected chi connectivity index (χ2v) is 6.02. The van der Waals surface area contributed by atoms with E-state index < -0.39 is 0 Å². The van der Waals surface area contributed by atoms with Crippen molar-refractivity contribution in [1.82, 2.24) is 4.90 Å². The predicted molar refractivity (Wildman–Crippen MR) is 74.2 cm³/mol. The van der Waals surface area contributed by atoms with Gasteiger partial charge in [0.2, 0.25) is 5.91 Å². The summed E-state index contributed by atoms with van der Waals surface area (Å²) in [7, 11) is 0. The Kier molecular flexibility index (Phi) is 5.48. The van der Waals surface area contributed by atoms with Gasteiger partial charge < -0.3 is 10.6 Å². The maximum absolute atomic E-state index is 12.4. The van der Waals surface area contributed by atoms with Gasteiger partial charge in [0.25, 0.3) is 0 Å². The Morgan fingerprint density at radius 3 is 2.28 bits per heavy atom. The van der Waals surface area contributed by atoms with Crippen LogP contribution in [0.25, 0.3) is 0 Å². The van der Waals surface area contributed by atoms with Crippen molar-refractivity contribution in [3.8, 4) is 0 Å². The molecule has 2 rings (SSSR count). The Morgan fingerprint density at radius 2 is 1.72 bits per heavy atom. The summed E-state index contributed by atoms with van der Waals surface area (Å²) < 4.78 is 0. The first kappa shape index (κ1) is 13.9. The van der Waals surface area contributed by atoms with Crippen molar-refractivity contribution >= 4 is 5.91 Å². The quantitative estimate of drug-likeness (QED) is 0.739. The Labute approximate surface area is 111 Å². The number of carbonyl (C=O) groups excluding carboxylic acids is 1. The minimum Gasteiger partial charge on any atom is -0.340 e. The molecule has 2 aliphatic carbocycles. The van der Waals surface area contributed by atoms with Crippen LogP contribution in [-0.4, -0.2) is 29.9 Å². The molecule has 2 aliphatic rings. The third-order valence-corrected chi connectivity index (χ3v) is 4.35. The summed E-state index contributed by atoms with van der Waals surface area (Å²) in [5, 5.41) is 0. The average molecular weight is 252 g/mol. The molecule has 0 atom stereocenters. The summed E-state index contributed by atoms with van der Waals surface area (Å²) in [5.41, 5.74) is 5.61. The molecule has 2 saturated carbocycles. The molecule has 3 heteroatoms. The standard InChI is InChI=1S/C15H28N2O/c16-10-5-11-17(15(18)12-13-8-9-13)14-6-3-1-2-4-7-14/h13-14H,1-12,16H2. The molecular weight excluding hydrogens is 224 g/mol. The number of nitrogens with zero attached hydrogens (tertiary/aromatic N) is 1. The van der Waals surface area contributed by atoms with Crippen molar-refractivity contribution in [1.29, 1.82) is 0 Å². The maximum Gasteiger partial charge on any atom is 0.223 e. The Hall–Kier alpha value is -0.570. The molecule has 0 aliphatic heterocycles. The second kappa shape index (κ2) is 7.13. The van der Waals surface area contributed by atoms with Crippen LogP contribution in [0.1, 0.15) is 64.2 Å². The zero-order chi connectivity index (χ0) is 12.8. The molecular formula is C15H28N2O. The SMILES string of the molecule is NCCCN(C(=O)CC1CC1)C1CCCCCC1. The van der Waals surface area contributed by atoms with E-state index in [-0.39, 0.29) is 0 Å². The molecule has 0 unspecified atom stereocenters. The summed E-state index contributed by atoms with van der Waals surface area (Å²) >= 11 is 0. The number of rotatable bonds is 6. The van der Waals surface area contributed by atoms with Gasteiger partial charge in [0, 0.05) is 19.0 Å². The van der Waals surface area contributed by atoms with E-state index in [4.69, 9.17) is 5.73 Å². The van der Waals surface area contributed by atoms with E-state index in [1.165, 1.54) is 51.4 Å². The summed E-state index contributed by atoms with van der Waals surface area (Å²) in [6.07, 6.45) is 12.0. The van der Waals surface area contributed by atoms with E-state index in [1.807, 2.05) is 0 Å². The number of nitrogens with two attached hydrogens (primary N) is 1. The van der Waals surface area contributed by atoms with Crippen LogP contribution in [0.15, 0.2) is 0 Å². The lowest BCUT2D eigenvalue weighted by Gasteiger charge is -2.31. The highest BCUT2D eigenvalue weighted by molar-refractivity contribution is 5.77. The molecule has 0 aromatic rings. The van der Waals surface area contributed by atoms with E-state index in [2.05, 4.69) is 4.90 Å². The summed E-state index contributed by atoms with van der Waals surface area (Å²) in [4.78, 5) is 14.6. The van der Waals surface area contributed by atoms with Crippen LogP contribution in [0.3, 0.4) is 0 Å². The van der Waals surface area contributed by atoms with Crippen molar-refractivity contribution in [3.63, 3.8) is 0 Å². The first-order chi connectivity index (χ1) is 8.81. The van der Waals surface area contributed by atoms with Gasteiger partial charge in [0.1, 0.15) is 0 Å². The molecule has 0 aromatic carbocycles. The fraction of sp³-hybridized carbons (Fsp3) is 0.933. The Bertz CT molecular complexity index is 255. The second-order valence-electron chi connectivity index (χ2n) is 6.02. The molecule has 0 radical (unpaired) electrons. The lowest BCUT2D eigenvalue weighted by molar-refractivity contribution is -0.134. The van der Waals surface area contributed by atoms with E-state index in [1.54, 1.807) is 0 Å². The molecule has 18 heavy (non-hydrogen) atoms. The summed E-state index contributed by atoms with van der Waals surface area (Å²) in [6.45, 7) is 1.58. The van der Waals surface area contributed by atoms with Crippen LogP contribution in [0, 0.1) is 5.92 Å². The van der Waals surface area contributed by atoms with E-state index in [0.717, 1.165) is 19.4 Å². The van der Waals surface area contributed by atoms with Crippen molar-refractivity contribution in [2.45, 2.75) is 70.3 Å². The highest BCUT2D eigenvalue weighted by atomic mass is 16.2. The lowest BCUT2D eigenvalue weighted by Crippen LogP contribution is -2.41. The van der Waals surface area contributed by atoms with Crippen molar-refractivity contribution in [2.24, 2.45) is 11.7 Å². The molecule has 1 amide bonds. The Balaban J connectivity index is 1.90. The molecule has 0 saturated heterocycles.